The molecule has 0 unspecified atom stereocenters. The van der Waals surface area contributed by atoms with Crippen LogP contribution < -0.4 is 10.6 Å². The predicted molar refractivity (Wildman–Crippen MR) is 105 cm³/mol. The van der Waals surface area contributed by atoms with Crippen LogP contribution in [0.25, 0.3) is 0 Å². The van der Waals surface area contributed by atoms with E-state index in [1.54, 1.807) is 0 Å². The average Bonchev–Trinajstić information content (AvgIpc) is 2.66. The molecule has 0 atom stereocenters. The van der Waals surface area contributed by atoms with Gasteiger partial charge in [-0.3, -0.25) is 0 Å². The van der Waals surface area contributed by atoms with E-state index in [9.17, 15) is 0 Å². The Balaban J connectivity index is 1.92. The zero-order valence-electron chi connectivity index (χ0n) is 15.3. The first-order valence-electron chi connectivity index (χ1n) is 9.04. The molecule has 4 nitrogen and oxygen atoms in total. The number of benzene rings is 2. The van der Waals surface area contributed by atoms with E-state index in [2.05, 4.69) is 60.0 Å². The van der Waals surface area contributed by atoms with Gasteiger partial charge in [0.1, 0.15) is 0 Å². The summed E-state index contributed by atoms with van der Waals surface area (Å²) in [5.74, 6) is 0.852. The van der Waals surface area contributed by atoms with E-state index in [0.717, 1.165) is 32.1 Å². The number of hydrogen-bond acceptors (Lipinski definition) is 2. The average molecular weight is 339 g/mol. The van der Waals surface area contributed by atoms with Crippen LogP contribution in [0.1, 0.15) is 30.5 Å². The van der Waals surface area contributed by atoms with Crippen molar-refractivity contribution in [3.63, 3.8) is 0 Å². The number of rotatable bonds is 9. The molecule has 0 fully saturated rings. The molecule has 0 heterocycles. The molecule has 2 aromatic carbocycles. The summed E-state index contributed by atoms with van der Waals surface area (Å²) in [6.45, 7) is 7.80. The molecule has 2 aromatic rings. The van der Waals surface area contributed by atoms with Crippen molar-refractivity contribution in [2.24, 2.45) is 4.99 Å². The molecule has 0 saturated heterocycles. The molecule has 0 aromatic heterocycles. The van der Waals surface area contributed by atoms with Crippen LogP contribution in [-0.2, 0) is 24.3 Å². The minimum absolute atomic E-state index is 0.639. The van der Waals surface area contributed by atoms with Crippen LogP contribution in [0.15, 0.2) is 59.6 Å². The van der Waals surface area contributed by atoms with Crippen molar-refractivity contribution in [1.29, 1.82) is 0 Å². The zero-order valence-corrected chi connectivity index (χ0v) is 15.3. The topological polar surface area (TPSA) is 45.7 Å². The number of hydrogen-bond donors (Lipinski definition) is 2. The Morgan fingerprint density at radius 3 is 2.36 bits per heavy atom. The molecule has 0 aliphatic heterocycles. The smallest absolute Gasteiger partial charge is 0.191 e. The Bertz CT molecular complexity index is 641. The number of guanidine groups is 1. The molecule has 0 aliphatic carbocycles. The number of ether oxygens (including phenoxy) is 1. The van der Waals surface area contributed by atoms with E-state index >= 15 is 0 Å². The maximum Gasteiger partial charge on any atom is 0.191 e. The molecule has 0 bridgehead atoms. The van der Waals surface area contributed by atoms with Crippen LogP contribution in [0.2, 0.25) is 0 Å². The summed E-state index contributed by atoms with van der Waals surface area (Å²) in [4.78, 5) is 4.72. The van der Waals surface area contributed by atoms with Gasteiger partial charge in [-0.2, -0.15) is 0 Å². The van der Waals surface area contributed by atoms with Crippen LogP contribution in [0.5, 0.6) is 0 Å². The van der Waals surface area contributed by atoms with Gasteiger partial charge in [0.2, 0.25) is 0 Å². The SMILES string of the molecule is CCNC(=NCc1ccccc1COCC)NCCc1ccccc1. The lowest BCUT2D eigenvalue weighted by atomic mass is 10.1. The summed E-state index contributed by atoms with van der Waals surface area (Å²) >= 11 is 0. The first-order valence-corrected chi connectivity index (χ1v) is 9.04. The molecule has 0 aliphatic rings. The lowest BCUT2D eigenvalue weighted by molar-refractivity contribution is 0.133. The fraction of sp³-hybridized carbons (Fsp3) is 0.381. The van der Waals surface area contributed by atoms with Crippen LogP contribution in [-0.4, -0.2) is 25.7 Å². The molecule has 25 heavy (non-hydrogen) atoms. The van der Waals surface area contributed by atoms with Gasteiger partial charge < -0.3 is 15.4 Å². The second-order valence-electron chi connectivity index (χ2n) is 5.76. The third-order valence-electron chi connectivity index (χ3n) is 3.88. The van der Waals surface area contributed by atoms with E-state index < -0.39 is 0 Å². The molecule has 134 valence electrons. The molecular weight excluding hydrogens is 310 g/mol. The first kappa shape index (κ1) is 19.0. The molecule has 4 heteroatoms. The standard InChI is InChI=1S/C21H29N3O/c1-3-22-21(23-15-14-18-10-6-5-7-11-18)24-16-19-12-8-9-13-20(19)17-25-4-2/h5-13H,3-4,14-17H2,1-2H3,(H2,22,23,24). The molecule has 0 radical (unpaired) electrons. The number of nitrogens with zero attached hydrogens (tertiary/aromatic N) is 1. The lowest BCUT2D eigenvalue weighted by Gasteiger charge is -2.12. The fourth-order valence-corrected chi connectivity index (χ4v) is 2.54. The van der Waals surface area contributed by atoms with Crippen molar-refractivity contribution in [3.8, 4) is 0 Å². The van der Waals surface area contributed by atoms with Crippen molar-refractivity contribution in [2.45, 2.75) is 33.4 Å². The van der Waals surface area contributed by atoms with Gasteiger partial charge in [0.25, 0.3) is 0 Å². The van der Waals surface area contributed by atoms with Crippen molar-refractivity contribution in [1.82, 2.24) is 10.6 Å². The first-order chi connectivity index (χ1) is 12.3. The van der Waals surface area contributed by atoms with E-state index in [0.29, 0.717) is 13.2 Å². The normalized spacial score (nSPS) is 11.4. The van der Waals surface area contributed by atoms with Gasteiger partial charge >= 0.3 is 0 Å². The van der Waals surface area contributed by atoms with E-state index in [-0.39, 0.29) is 0 Å². The predicted octanol–water partition coefficient (Wildman–Crippen LogP) is 3.52. The van der Waals surface area contributed by atoms with Gasteiger partial charge in [0, 0.05) is 19.7 Å². The van der Waals surface area contributed by atoms with Gasteiger partial charge in [-0.05, 0) is 37.0 Å². The highest BCUT2D eigenvalue weighted by molar-refractivity contribution is 5.79. The summed E-state index contributed by atoms with van der Waals surface area (Å²) in [6, 6.07) is 18.8. The second kappa shape index (κ2) is 11.3. The monoisotopic (exact) mass is 339 g/mol. The minimum atomic E-state index is 0.639. The van der Waals surface area contributed by atoms with E-state index in [1.165, 1.54) is 16.7 Å². The lowest BCUT2D eigenvalue weighted by Crippen LogP contribution is -2.38. The number of aliphatic imine (C=N–C) groups is 1. The Morgan fingerprint density at radius 2 is 1.64 bits per heavy atom. The Kier molecular flexibility index (Phi) is 8.56. The van der Waals surface area contributed by atoms with E-state index in [4.69, 9.17) is 9.73 Å². The molecule has 2 N–H and O–H groups in total. The highest BCUT2D eigenvalue weighted by Gasteiger charge is 2.03. The minimum Gasteiger partial charge on any atom is -0.377 e. The summed E-state index contributed by atoms with van der Waals surface area (Å²) < 4.78 is 5.55. The fourth-order valence-electron chi connectivity index (χ4n) is 2.54. The van der Waals surface area contributed by atoms with Gasteiger partial charge in [0.05, 0.1) is 13.2 Å². The molecule has 0 amide bonds. The molecule has 0 spiro atoms. The second-order valence-corrected chi connectivity index (χ2v) is 5.76. The number of nitrogens with one attached hydrogen (secondary N) is 2. The maximum absolute atomic E-state index is 5.55. The van der Waals surface area contributed by atoms with Crippen LogP contribution in [0.4, 0.5) is 0 Å². The van der Waals surface area contributed by atoms with Gasteiger partial charge in [-0.15, -0.1) is 0 Å². The summed E-state index contributed by atoms with van der Waals surface area (Å²) in [7, 11) is 0. The maximum atomic E-state index is 5.55. The van der Waals surface area contributed by atoms with Crippen molar-refractivity contribution >= 4 is 5.96 Å². The van der Waals surface area contributed by atoms with Gasteiger partial charge in [-0.1, -0.05) is 54.6 Å². The van der Waals surface area contributed by atoms with E-state index in [1.807, 2.05) is 19.1 Å². The quantitative estimate of drug-likeness (QED) is 0.543. The van der Waals surface area contributed by atoms with Gasteiger partial charge in [-0.25, -0.2) is 4.99 Å². The third kappa shape index (κ3) is 6.98. The highest BCUT2D eigenvalue weighted by Crippen LogP contribution is 2.11. The summed E-state index contributed by atoms with van der Waals surface area (Å²) in [5, 5.41) is 6.72. The van der Waals surface area contributed by atoms with Gasteiger partial charge in [0.15, 0.2) is 5.96 Å². The molecular formula is C21H29N3O. The summed E-state index contributed by atoms with van der Waals surface area (Å²) in [6.07, 6.45) is 0.978. The van der Waals surface area contributed by atoms with Crippen molar-refractivity contribution in [3.05, 3.63) is 71.3 Å². The third-order valence-corrected chi connectivity index (χ3v) is 3.88. The molecule has 2 rings (SSSR count). The van der Waals surface area contributed by atoms with Crippen LogP contribution in [0.3, 0.4) is 0 Å². The van der Waals surface area contributed by atoms with Crippen molar-refractivity contribution in [2.75, 3.05) is 19.7 Å². The summed E-state index contributed by atoms with van der Waals surface area (Å²) in [5.41, 5.74) is 3.73. The zero-order chi connectivity index (χ0) is 17.7. The van der Waals surface area contributed by atoms with Crippen molar-refractivity contribution < 1.29 is 4.74 Å². The Hall–Kier alpha value is -2.33. The highest BCUT2D eigenvalue weighted by atomic mass is 16.5. The Morgan fingerprint density at radius 1 is 0.920 bits per heavy atom. The Labute approximate surface area is 151 Å². The van der Waals surface area contributed by atoms with Crippen LogP contribution >= 0.6 is 0 Å². The largest absolute Gasteiger partial charge is 0.377 e. The molecule has 0 saturated carbocycles. The van der Waals surface area contributed by atoms with Crippen LogP contribution in [0, 0.1) is 0 Å².